The molecule has 0 spiro atoms. The van der Waals surface area contributed by atoms with E-state index in [0.29, 0.717) is 12.2 Å². The van der Waals surface area contributed by atoms with E-state index in [2.05, 4.69) is 31.6 Å². The molecule has 6 nitrogen and oxygen atoms in total. The van der Waals surface area contributed by atoms with Crippen LogP contribution >= 0.6 is 0 Å². The van der Waals surface area contributed by atoms with Crippen molar-refractivity contribution in [3.8, 4) is 11.8 Å². The van der Waals surface area contributed by atoms with E-state index in [9.17, 15) is 4.79 Å². The number of methoxy groups -OCH3 is 1. The Morgan fingerprint density at radius 3 is 2.94 bits per heavy atom. The van der Waals surface area contributed by atoms with Crippen molar-refractivity contribution in [1.29, 1.82) is 0 Å². The predicted octanol–water partition coefficient (Wildman–Crippen LogP) is 0.511. The lowest BCUT2D eigenvalue weighted by atomic mass is 10.4. The molecule has 90 valence electrons. The second-order valence-electron chi connectivity index (χ2n) is 3.28. The molecule has 0 saturated heterocycles. The zero-order valence-electron chi connectivity index (χ0n) is 9.70. The summed E-state index contributed by atoms with van der Waals surface area (Å²) in [6.45, 7) is 0.480. The standard InChI is InChI=1S/C12H10N4O2/c1-18-12(17)11-9-13-10(8-14-11)4-2-6-16-7-3-5-15-16/h3,5,7-9H,6H2,1H3. The van der Waals surface area contributed by atoms with E-state index in [1.807, 2.05) is 12.3 Å². The van der Waals surface area contributed by atoms with Gasteiger partial charge in [-0.15, -0.1) is 0 Å². The summed E-state index contributed by atoms with van der Waals surface area (Å²) in [5.74, 6) is 5.21. The molecule has 0 radical (unpaired) electrons. The summed E-state index contributed by atoms with van der Waals surface area (Å²) in [5, 5.41) is 4.01. The van der Waals surface area contributed by atoms with Crippen LogP contribution in [-0.2, 0) is 11.3 Å². The Hall–Kier alpha value is -2.68. The number of rotatable bonds is 2. The molecule has 0 aromatic carbocycles. The monoisotopic (exact) mass is 242 g/mol. The van der Waals surface area contributed by atoms with Gasteiger partial charge in [-0.2, -0.15) is 5.10 Å². The van der Waals surface area contributed by atoms with Crippen LogP contribution in [0.15, 0.2) is 30.9 Å². The first kappa shape index (κ1) is 11.8. The van der Waals surface area contributed by atoms with Crippen LogP contribution < -0.4 is 0 Å². The first-order valence-corrected chi connectivity index (χ1v) is 5.16. The Kier molecular flexibility index (Phi) is 3.66. The Morgan fingerprint density at radius 1 is 1.44 bits per heavy atom. The lowest BCUT2D eigenvalue weighted by molar-refractivity contribution is 0.0593. The van der Waals surface area contributed by atoms with Gasteiger partial charge in [0.05, 0.1) is 19.5 Å². The summed E-state index contributed by atoms with van der Waals surface area (Å²) in [7, 11) is 1.29. The van der Waals surface area contributed by atoms with E-state index >= 15 is 0 Å². The van der Waals surface area contributed by atoms with Crippen LogP contribution in [-0.4, -0.2) is 32.8 Å². The SMILES string of the molecule is COC(=O)c1cnc(C#CCn2cccn2)cn1. The van der Waals surface area contributed by atoms with E-state index in [4.69, 9.17) is 0 Å². The molecule has 0 aliphatic carbocycles. The third-order valence-electron chi connectivity index (χ3n) is 2.06. The fraction of sp³-hybridized carbons (Fsp3) is 0.167. The second kappa shape index (κ2) is 5.59. The molecule has 2 aromatic rings. The van der Waals surface area contributed by atoms with Crippen molar-refractivity contribution in [3.05, 3.63) is 42.2 Å². The highest BCUT2D eigenvalue weighted by atomic mass is 16.5. The van der Waals surface area contributed by atoms with Crippen molar-refractivity contribution in [2.45, 2.75) is 6.54 Å². The maximum atomic E-state index is 11.1. The maximum absolute atomic E-state index is 11.1. The zero-order chi connectivity index (χ0) is 12.8. The van der Waals surface area contributed by atoms with Crippen molar-refractivity contribution >= 4 is 5.97 Å². The zero-order valence-corrected chi connectivity index (χ0v) is 9.70. The van der Waals surface area contributed by atoms with Crippen molar-refractivity contribution in [2.75, 3.05) is 7.11 Å². The van der Waals surface area contributed by atoms with Gasteiger partial charge in [-0.25, -0.2) is 14.8 Å². The van der Waals surface area contributed by atoms with Gasteiger partial charge in [0.15, 0.2) is 5.69 Å². The number of esters is 1. The van der Waals surface area contributed by atoms with Crippen LogP contribution in [0.1, 0.15) is 16.2 Å². The molecule has 6 heteroatoms. The van der Waals surface area contributed by atoms with E-state index in [1.54, 1.807) is 10.9 Å². The normalized spacial score (nSPS) is 9.39. The molecule has 0 saturated carbocycles. The number of carbonyl (C=O) groups excluding carboxylic acids is 1. The van der Waals surface area contributed by atoms with Gasteiger partial charge < -0.3 is 4.74 Å². The highest BCUT2D eigenvalue weighted by Crippen LogP contribution is 1.96. The summed E-state index contributed by atoms with van der Waals surface area (Å²) < 4.78 is 6.21. The Morgan fingerprint density at radius 2 is 2.33 bits per heavy atom. The molecule has 0 amide bonds. The molecule has 0 aliphatic rings. The predicted molar refractivity (Wildman–Crippen MR) is 62.5 cm³/mol. The average molecular weight is 242 g/mol. The minimum absolute atomic E-state index is 0.162. The van der Waals surface area contributed by atoms with Crippen molar-refractivity contribution < 1.29 is 9.53 Å². The summed E-state index contributed by atoms with van der Waals surface area (Å²) >= 11 is 0. The summed E-state index contributed by atoms with van der Waals surface area (Å²) in [5.41, 5.74) is 0.657. The van der Waals surface area contributed by atoms with Crippen LogP contribution in [0.3, 0.4) is 0 Å². The lowest BCUT2D eigenvalue weighted by Crippen LogP contribution is -2.05. The van der Waals surface area contributed by atoms with Crippen LogP contribution in [0.2, 0.25) is 0 Å². The van der Waals surface area contributed by atoms with Crippen LogP contribution in [0, 0.1) is 11.8 Å². The number of ether oxygens (including phenoxy) is 1. The number of nitrogens with zero attached hydrogens (tertiary/aromatic N) is 4. The van der Waals surface area contributed by atoms with Crippen molar-refractivity contribution in [3.63, 3.8) is 0 Å². The number of carbonyl (C=O) groups is 1. The molecular formula is C12H10N4O2. The third kappa shape index (κ3) is 2.92. The molecule has 0 atom stereocenters. The maximum Gasteiger partial charge on any atom is 0.358 e. The highest BCUT2D eigenvalue weighted by Gasteiger charge is 2.06. The van der Waals surface area contributed by atoms with Gasteiger partial charge in [-0.3, -0.25) is 4.68 Å². The molecule has 0 unspecified atom stereocenters. The minimum atomic E-state index is -0.515. The van der Waals surface area contributed by atoms with Gasteiger partial charge in [0, 0.05) is 12.4 Å². The van der Waals surface area contributed by atoms with E-state index in [-0.39, 0.29) is 5.69 Å². The van der Waals surface area contributed by atoms with Crippen LogP contribution in [0.4, 0.5) is 0 Å². The largest absolute Gasteiger partial charge is 0.464 e. The van der Waals surface area contributed by atoms with Gasteiger partial charge in [0.25, 0.3) is 0 Å². The topological polar surface area (TPSA) is 69.9 Å². The van der Waals surface area contributed by atoms with Gasteiger partial charge in [-0.1, -0.05) is 5.92 Å². The first-order valence-electron chi connectivity index (χ1n) is 5.16. The first-order chi connectivity index (χ1) is 8.79. The molecule has 2 rings (SSSR count). The summed E-state index contributed by atoms with van der Waals surface area (Å²) in [6, 6.07) is 1.83. The minimum Gasteiger partial charge on any atom is -0.464 e. The van der Waals surface area contributed by atoms with Crippen molar-refractivity contribution in [2.24, 2.45) is 0 Å². The van der Waals surface area contributed by atoms with Gasteiger partial charge in [0.1, 0.15) is 12.2 Å². The molecule has 0 aliphatic heterocycles. The van der Waals surface area contributed by atoms with Crippen LogP contribution in [0.25, 0.3) is 0 Å². The number of aromatic nitrogens is 4. The Labute approximate surface area is 104 Å². The summed E-state index contributed by atoms with van der Waals surface area (Å²) in [6.07, 6.45) is 6.28. The fourth-order valence-corrected chi connectivity index (χ4v) is 1.21. The van der Waals surface area contributed by atoms with Gasteiger partial charge in [0.2, 0.25) is 0 Å². The Balaban J connectivity index is 2.02. The highest BCUT2D eigenvalue weighted by molar-refractivity contribution is 5.86. The van der Waals surface area contributed by atoms with E-state index < -0.39 is 5.97 Å². The molecule has 0 N–H and O–H groups in total. The van der Waals surface area contributed by atoms with Gasteiger partial charge in [-0.05, 0) is 12.0 Å². The fourth-order valence-electron chi connectivity index (χ4n) is 1.21. The van der Waals surface area contributed by atoms with Crippen LogP contribution in [0.5, 0.6) is 0 Å². The Bertz CT molecular complexity index is 579. The molecule has 0 fully saturated rings. The quantitative estimate of drug-likeness (QED) is 0.567. The molecular weight excluding hydrogens is 232 g/mol. The van der Waals surface area contributed by atoms with E-state index in [0.717, 1.165) is 0 Å². The number of hydrogen-bond donors (Lipinski definition) is 0. The summed E-state index contributed by atoms with van der Waals surface area (Å²) in [4.78, 5) is 19.0. The number of hydrogen-bond acceptors (Lipinski definition) is 5. The van der Waals surface area contributed by atoms with Gasteiger partial charge >= 0.3 is 5.97 Å². The smallest absolute Gasteiger partial charge is 0.358 e. The average Bonchev–Trinajstić information content (AvgIpc) is 2.92. The van der Waals surface area contributed by atoms with E-state index in [1.165, 1.54) is 19.5 Å². The third-order valence-corrected chi connectivity index (χ3v) is 2.06. The molecule has 2 aromatic heterocycles. The lowest BCUT2D eigenvalue weighted by Gasteiger charge is -1.96. The molecule has 0 bridgehead atoms. The van der Waals surface area contributed by atoms with Crippen molar-refractivity contribution in [1.82, 2.24) is 19.7 Å². The second-order valence-corrected chi connectivity index (χ2v) is 3.28. The molecule has 18 heavy (non-hydrogen) atoms. The molecule has 2 heterocycles.